The third kappa shape index (κ3) is 2.81. The molecule has 2 aromatic heterocycles. The molecule has 1 amide bonds. The highest BCUT2D eigenvalue weighted by Gasteiger charge is 2.21. The Labute approximate surface area is 147 Å². The predicted octanol–water partition coefficient (Wildman–Crippen LogP) is 2.54. The first-order valence-corrected chi connectivity index (χ1v) is 8.91. The van der Waals surface area contributed by atoms with Crippen LogP contribution in [0.3, 0.4) is 0 Å². The molecule has 4 rings (SSSR count). The van der Waals surface area contributed by atoms with Crippen LogP contribution in [0.15, 0.2) is 30.5 Å². The van der Waals surface area contributed by atoms with Crippen LogP contribution in [0.4, 0.5) is 0 Å². The second-order valence-electron chi connectivity index (χ2n) is 6.59. The largest absolute Gasteiger partial charge is 0.338 e. The third-order valence-corrected chi connectivity index (χ3v) is 5.03. The number of benzene rings is 1. The molecule has 0 saturated heterocycles. The Bertz CT molecular complexity index is 923. The SMILES string of the molecule is CCn1nc(C)c2c1cnn2CCC(=O)N1CCc2ccccc2C1. The molecule has 0 spiro atoms. The van der Waals surface area contributed by atoms with Crippen molar-refractivity contribution in [3.8, 4) is 0 Å². The molecule has 0 saturated carbocycles. The van der Waals surface area contributed by atoms with Gasteiger partial charge in [0.15, 0.2) is 0 Å². The van der Waals surface area contributed by atoms with E-state index in [0.717, 1.165) is 42.8 Å². The van der Waals surface area contributed by atoms with E-state index in [0.29, 0.717) is 13.0 Å². The summed E-state index contributed by atoms with van der Waals surface area (Å²) in [6.45, 7) is 7.00. The lowest BCUT2D eigenvalue weighted by Crippen LogP contribution is -2.36. The fourth-order valence-electron chi connectivity index (χ4n) is 3.70. The Morgan fingerprint density at radius 2 is 2.00 bits per heavy atom. The first-order chi connectivity index (χ1) is 12.2. The van der Waals surface area contributed by atoms with E-state index in [1.54, 1.807) is 0 Å². The van der Waals surface area contributed by atoms with Gasteiger partial charge in [0.2, 0.25) is 5.91 Å². The molecule has 6 nitrogen and oxygen atoms in total. The van der Waals surface area contributed by atoms with Crippen LogP contribution in [0.1, 0.15) is 30.2 Å². The van der Waals surface area contributed by atoms with Crippen molar-refractivity contribution in [2.24, 2.45) is 0 Å². The summed E-state index contributed by atoms with van der Waals surface area (Å²) in [6, 6.07) is 8.39. The van der Waals surface area contributed by atoms with Gasteiger partial charge >= 0.3 is 0 Å². The van der Waals surface area contributed by atoms with Gasteiger partial charge in [0.1, 0.15) is 11.0 Å². The van der Waals surface area contributed by atoms with Gasteiger partial charge in [-0.15, -0.1) is 0 Å². The lowest BCUT2D eigenvalue weighted by molar-refractivity contribution is -0.132. The fourth-order valence-corrected chi connectivity index (χ4v) is 3.70. The molecular formula is C19H23N5O. The van der Waals surface area contributed by atoms with Crippen LogP contribution in [0.2, 0.25) is 0 Å². The van der Waals surface area contributed by atoms with Crippen LogP contribution in [0.5, 0.6) is 0 Å². The van der Waals surface area contributed by atoms with Crippen molar-refractivity contribution in [2.45, 2.75) is 46.3 Å². The summed E-state index contributed by atoms with van der Waals surface area (Å²) >= 11 is 0. The summed E-state index contributed by atoms with van der Waals surface area (Å²) in [5.74, 6) is 0.193. The summed E-state index contributed by atoms with van der Waals surface area (Å²) < 4.78 is 3.87. The standard InChI is InChI=1S/C19H23N5O/c1-3-23-17-12-20-24(19(17)14(2)21-23)11-9-18(25)22-10-8-15-6-4-5-7-16(15)13-22/h4-7,12H,3,8-11,13H2,1-2H3. The van der Waals surface area contributed by atoms with Gasteiger partial charge in [-0.25, -0.2) is 0 Å². The topological polar surface area (TPSA) is 56.0 Å². The third-order valence-electron chi connectivity index (χ3n) is 5.03. The van der Waals surface area contributed by atoms with E-state index < -0.39 is 0 Å². The molecule has 130 valence electrons. The van der Waals surface area contributed by atoms with Gasteiger partial charge in [-0.1, -0.05) is 24.3 Å². The first kappa shape index (κ1) is 15.9. The van der Waals surface area contributed by atoms with Crippen molar-refractivity contribution in [3.63, 3.8) is 0 Å². The van der Waals surface area contributed by atoms with Crippen molar-refractivity contribution in [1.82, 2.24) is 24.5 Å². The van der Waals surface area contributed by atoms with Crippen molar-refractivity contribution in [2.75, 3.05) is 6.54 Å². The number of fused-ring (bicyclic) bond motifs is 2. The highest BCUT2D eigenvalue weighted by atomic mass is 16.2. The van der Waals surface area contributed by atoms with Crippen LogP contribution in [-0.4, -0.2) is 36.9 Å². The quantitative estimate of drug-likeness (QED) is 0.735. The molecule has 0 bridgehead atoms. The van der Waals surface area contributed by atoms with E-state index in [-0.39, 0.29) is 5.91 Å². The van der Waals surface area contributed by atoms with Crippen LogP contribution >= 0.6 is 0 Å². The highest BCUT2D eigenvalue weighted by molar-refractivity contribution is 5.79. The summed E-state index contributed by atoms with van der Waals surface area (Å²) in [7, 11) is 0. The number of carbonyl (C=O) groups excluding carboxylic acids is 1. The monoisotopic (exact) mass is 337 g/mol. The van der Waals surface area contributed by atoms with E-state index >= 15 is 0 Å². The average Bonchev–Trinajstić information content (AvgIpc) is 3.20. The minimum atomic E-state index is 0.193. The van der Waals surface area contributed by atoms with Crippen molar-refractivity contribution < 1.29 is 4.79 Å². The van der Waals surface area contributed by atoms with Gasteiger partial charge in [0.05, 0.1) is 18.4 Å². The predicted molar refractivity (Wildman–Crippen MR) is 96.1 cm³/mol. The zero-order valence-corrected chi connectivity index (χ0v) is 14.8. The number of rotatable bonds is 4. The zero-order chi connectivity index (χ0) is 17.4. The molecule has 0 unspecified atom stereocenters. The van der Waals surface area contributed by atoms with Gasteiger partial charge in [0.25, 0.3) is 0 Å². The van der Waals surface area contributed by atoms with Gasteiger partial charge in [-0.2, -0.15) is 10.2 Å². The molecule has 0 atom stereocenters. The number of nitrogens with zero attached hydrogens (tertiary/aromatic N) is 5. The van der Waals surface area contributed by atoms with Crippen LogP contribution in [0, 0.1) is 6.92 Å². The first-order valence-electron chi connectivity index (χ1n) is 8.91. The van der Waals surface area contributed by atoms with E-state index in [1.165, 1.54) is 11.1 Å². The molecule has 3 aromatic rings. The summed E-state index contributed by atoms with van der Waals surface area (Å²) in [6.07, 6.45) is 3.26. The Morgan fingerprint density at radius 3 is 2.80 bits per heavy atom. The van der Waals surface area contributed by atoms with Crippen LogP contribution in [0.25, 0.3) is 11.0 Å². The maximum absolute atomic E-state index is 12.6. The summed E-state index contributed by atoms with van der Waals surface area (Å²) in [4.78, 5) is 14.6. The Hall–Kier alpha value is -2.63. The van der Waals surface area contributed by atoms with Gasteiger partial charge in [-0.05, 0) is 31.4 Å². The van der Waals surface area contributed by atoms with Gasteiger partial charge < -0.3 is 4.90 Å². The van der Waals surface area contributed by atoms with Gasteiger partial charge in [0, 0.05) is 26.1 Å². The molecule has 0 radical (unpaired) electrons. The van der Waals surface area contributed by atoms with E-state index in [9.17, 15) is 4.79 Å². The maximum atomic E-state index is 12.6. The molecular weight excluding hydrogens is 314 g/mol. The number of carbonyl (C=O) groups is 1. The molecule has 1 aliphatic rings. The lowest BCUT2D eigenvalue weighted by atomic mass is 10.00. The molecule has 1 aromatic carbocycles. The van der Waals surface area contributed by atoms with E-state index in [2.05, 4.69) is 35.3 Å². The smallest absolute Gasteiger partial charge is 0.224 e. The molecule has 6 heteroatoms. The minimum absolute atomic E-state index is 0.193. The average molecular weight is 337 g/mol. The number of hydrogen-bond donors (Lipinski definition) is 0. The maximum Gasteiger partial charge on any atom is 0.224 e. The molecule has 0 fully saturated rings. The summed E-state index contributed by atoms with van der Waals surface area (Å²) in [5.41, 5.74) is 5.68. The van der Waals surface area contributed by atoms with Crippen molar-refractivity contribution in [3.05, 3.63) is 47.3 Å². The Morgan fingerprint density at radius 1 is 1.20 bits per heavy atom. The van der Waals surface area contributed by atoms with Crippen molar-refractivity contribution in [1.29, 1.82) is 0 Å². The number of aromatic nitrogens is 4. The fraction of sp³-hybridized carbons (Fsp3) is 0.421. The van der Waals surface area contributed by atoms with E-state index in [1.807, 2.05) is 33.5 Å². The summed E-state index contributed by atoms with van der Waals surface area (Å²) in [5, 5.41) is 8.99. The van der Waals surface area contributed by atoms with E-state index in [4.69, 9.17) is 0 Å². The van der Waals surface area contributed by atoms with Crippen LogP contribution in [-0.2, 0) is 30.8 Å². The molecule has 1 aliphatic heterocycles. The number of aryl methyl sites for hydroxylation is 3. The minimum Gasteiger partial charge on any atom is -0.338 e. The molecule has 0 N–H and O–H groups in total. The molecule has 0 aliphatic carbocycles. The highest BCUT2D eigenvalue weighted by Crippen LogP contribution is 2.20. The van der Waals surface area contributed by atoms with Crippen molar-refractivity contribution >= 4 is 16.9 Å². The number of amides is 1. The second kappa shape index (κ2) is 6.35. The van der Waals surface area contributed by atoms with Crippen LogP contribution < -0.4 is 0 Å². The molecule has 25 heavy (non-hydrogen) atoms. The molecule has 3 heterocycles. The van der Waals surface area contributed by atoms with Gasteiger partial charge in [-0.3, -0.25) is 14.2 Å². The lowest BCUT2D eigenvalue weighted by Gasteiger charge is -2.29. The number of hydrogen-bond acceptors (Lipinski definition) is 3. The normalized spacial score (nSPS) is 14.1. The Kier molecular flexibility index (Phi) is 4.03. The Balaban J connectivity index is 1.45. The second-order valence-corrected chi connectivity index (χ2v) is 6.59. The zero-order valence-electron chi connectivity index (χ0n) is 14.8.